The van der Waals surface area contributed by atoms with Crippen molar-refractivity contribution in [1.82, 2.24) is 15.8 Å². The zero-order valence-corrected chi connectivity index (χ0v) is 11.0. The molecule has 5 nitrogen and oxygen atoms in total. The summed E-state index contributed by atoms with van der Waals surface area (Å²) in [6.45, 7) is 9.54. The van der Waals surface area contributed by atoms with Crippen LogP contribution in [0.2, 0.25) is 0 Å². The molecule has 5 heteroatoms. The molecule has 17 heavy (non-hydrogen) atoms. The van der Waals surface area contributed by atoms with Gasteiger partial charge < -0.3 is 15.2 Å². The number of hydrogen-bond donors (Lipinski definition) is 2. The second-order valence-corrected chi connectivity index (χ2v) is 4.60. The molecule has 0 radical (unpaired) electrons. The Balaban J connectivity index is 2.26. The Morgan fingerprint density at radius 2 is 2.12 bits per heavy atom. The van der Waals surface area contributed by atoms with Crippen LogP contribution in [0.5, 0.6) is 0 Å². The summed E-state index contributed by atoms with van der Waals surface area (Å²) in [5, 5.41) is 9.79. The van der Waals surface area contributed by atoms with Gasteiger partial charge in [0.1, 0.15) is 5.76 Å². The summed E-state index contributed by atoms with van der Waals surface area (Å²) in [6.07, 6.45) is 0. The molecule has 0 bridgehead atoms. The Morgan fingerprint density at radius 1 is 1.41 bits per heavy atom. The lowest BCUT2D eigenvalue weighted by atomic mass is 10.2. The van der Waals surface area contributed by atoms with Crippen LogP contribution in [0, 0.1) is 19.8 Å². The van der Waals surface area contributed by atoms with E-state index in [0.29, 0.717) is 25.6 Å². The monoisotopic (exact) mass is 239 g/mol. The van der Waals surface area contributed by atoms with Gasteiger partial charge in [-0.25, -0.2) is 0 Å². The lowest BCUT2D eigenvalue weighted by Gasteiger charge is -2.08. The highest BCUT2D eigenvalue weighted by atomic mass is 16.5. The third kappa shape index (κ3) is 4.56. The minimum absolute atomic E-state index is 0.0189. The average Bonchev–Trinajstić information content (AvgIpc) is 2.57. The van der Waals surface area contributed by atoms with Crippen molar-refractivity contribution in [3.8, 4) is 0 Å². The fourth-order valence-electron chi connectivity index (χ4n) is 1.44. The Hall–Kier alpha value is -1.36. The number of carbonyl (C=O) groups is 1. The summed E-state index contributed by atoms with van der Waals surface area (Å²) >= 11 is 0. The van der Waals surface area contributed by atoms with Crippen LogP contribution in [-0.2, 0) is 11.3 Å². The maximum absolute atomic E-state index is 11.4. The van der Waals surface area contributed by atoms with Crippen LogP contribution in [0.1, 0.15) is 30.9 Å². The molecule has 96 valence electrons. The van der Waals surface area contributed by atoms with Gasteiger partial charge in [0.05, 0.1) is 12.2 Å². The van der Waals surface area contributed by atoms with Gasteiger partial charge in [-0.15, -0.1) is 0 Å². The van der Waals surface area contributed by atoms with Crippen LogP contribution >= 0.6 is 0 Å². The third-order valence-electron chi connectivity index (χ3n) is 2.48. The molecule has 0 spiro atoms. The van der Waals surface area contributed by atoms with Crippen molar-refractivity contribution in [2.75, 3.05) is 13.1 Å². The van der Waals surface area contributed by atoms with E-state index >= 15 is 0 Å². The van der Waals surface area contributed by atoms with Gasteiger partial charge in [0.25, 0.3) is 0 Å². The summed E-state index contributed by atoms with van der Waals surface area (Å²) in [5.74, 6) is 1.30. The molecule has 1 amide bonds. The second kappa shape index (κ2) is 6.39. The van der Waals surface area contributed by atoms with Gasteiger partial charge in [0, 0.05) is 18.7 Å². The molecule has 1 aromatic heterocycles. The van der Waals surface area contributed by atoms with Gasteiger partial charge in [-0.3, -0.25) is 4.79 Å². The molecule has 0 saturated heterocycles. The molecular formula is C12H21N3O2. The zero-order chi connectivity index (χ0) is 12.8. The minimum atomic E-state index is 0.0189. The van der Waals surface area contributed by atoms with E-state index < -0.39 is 0 Å². The van der Waals surface area contributed by atoms with Crippen LogP contribution in [0.4, 0.5) is 0 Å². The summed E-state index contributed by atoms with van der Waals surface area (Å²) in [5.41, 5.74) is 1.90. The van der Waals surface area contributed by atoms with Crippen LogP contribution in [0.3, 0.4) is 0 Å². The van der Waals surface area contributed by atoms with E-state index in [0.717, 1.165) is 17.0 Å². The van der Waals surface area contributed by atoms with E-state index in [-0.39, 0.29) is 5.91 Å². The predicted molar refractivity (Wildman–Crippen MR) is 65.5 cm³/mol. The number of nitrogens with zero attached hydrogens (tertiary/aromatic N) is 1. The molecule has 0 aliphatic carbocycles. The van der Waals surface area contributed by atoms with Crippen molar-refractivity contribution in [2.45, 2.75) is 34.2 Å². The number of nitrogens with one attached hydrogen (secondary N) is 2. The van der Waals surface area contributed by atoms with E-state index in [9.17, 15) is 4.79 Å². The van der Waals surface area contributed by atoms with Crippen molar-refractivity contribution < 1.29 is 9.32 Å². The third-order valence-corrected chi connectivity index (χ3v) is 2.48. The van der Waals surface area contributed by atoms with Crippen LogP contribution in [0.15, 0.2) is 4.52 Å². The van der Waals surface area contributed by atoms with Crippen molar-refractivity contribution in [3.05, 3.63) is 17.0 Å². The van der Waals surface area contributed by atoms with Crippen molar-refractivity contribution in [1.29, 1.82) is 0 Å². The minimum Gasteiger partial charge on any atom is -0.361 e. The topological polar surface area (TPSA) is 67.2 Å². The Morgan fingerprint density at radius 3 is 2.65 bits per heavy atom. The molecule has 0 aliphatic heterocycles. The van der Waals surface area contributed by atoms with Gasteiger partial charge >= 0.3 is 0 Å². The summed E-state index contributed by atoms with van der Waals surface area (Å²) in [6, 6.07) is 0. The van der Waals surface area contributed by atoms with Gasteiger partial charge in [-0.2, -0.15) is 0 Å². The van der Waals surface area contributed by atoms with Crippen LogP contribution in [0.25, 0.3) is 0 Å². The molecule has 0 unspecified atom stereocenters. The van der Waals surface area contributed by atoms with E-state index in [4.69, 9.17) is 4.52 Å². The fraction of sp³-hybridized carbons (Fsp3) is 0.667. The highest BCUT2D eigenvalue weighted by Gasteiger charge is 2.09. The molecule has 0 aliphatic rings. The van der Waals surface area contributed by atoms with E-state index in [1.54, 1.807) is 0 Å². The number of rotatable bonds is 6. The molecular weight excluding hydrogens is 218 g/mol. The van der Waals surface area contributed by atoms with Crippen LogP contribution < -0.4 is 10.6 Å². The summed E-state index contributed by atoms with van der Waals surface area (Å²) in [7, 11) is 0. The molecule has 2 N–H and O–H groups in total. The average molecular weight is 239 g/mol. The number of aromatic nitrogens is 1. The lowest BCUT2D eigenvalue weighted by molar-refractivity contribution is -0.120. The van der Waals surface area contributed by atoms with Gasteiger partial charge in [-0.05, 0) is 19.8 Å². The maximum atomic E-state index is 11.4. The quantitative estimate of drug-likeness (QED) is 0.781. The first-order valence-electron chi connectivity index (χ1n) is 5.90. The fourth-order valence-corrected chi connectivity index (χ4v) is 1.44. The number of hydrogen-bond acceptors (Lipinski definition) is 4. The molecule has 1 rings (SSSR count). The number of aryl methyl sites for hydroxylation is 2. The van der Waals surface area contributed by atoms with Crippen molar-refractivity contribution in [3.63, 3.8) is 0 Å². The van der Waals surface area contributed by atoms with E-state index in [1.807, 2.05) is 13.8 Å². The lowest BCUT2D eigenvalue weighted by Crippen LogP contribution is -2.35. The molecule has 0 aromatic carbocycles. The van der Waals surface area contributed by atoms with Crippen molar-refractivity contribution in [2.24, 2.45) is 5.92 Å². The largest absolute Gasteiger partial charge is 0.361 e. The number of carbonyl (C=O) groups excluding carboxylic acids is 1. The second-order valence-electron chi connectivity index (χ2n) is 4.60. The molecule has 1 heterocycles. The predicted octanol–water partition coefficient (Wildman–Crippen LogP) is 1.15. The van der Waals surface area contributed by atoms with Crippen LogP contribution in [-0.4, -0.2) is 24.2 Å². The first-order valence-corrected chi connectivity index (χ1v) is 5.90. The Labute approximate surface area is 102 Å². The highest BCUT2D eigenvalue weighted by Crippen LogP contribution is 2.10. The molecule has 0 fully saturated rings. The van der Waals surface area contributed by atoms with E-state index in [1.165, 1.54) is 0 Å². The SMILES string of the molecule is Cc1noc(C)c1CNCC(=O)NCC(C)C. The Kier molecular flexibility index (Phi) is 5.15. The van der Waals surface area contributed by atoms with Gasteiger partial charge in [0.2, 0.25) is 5.91 Å². The van der Waals surface area contributed by atoms with Gasteiger partial charge in [-0.1, -0.05) is 19.0 Å². The smallest absolute Gasteiger partial charge is 0.233 e. The highest BCUT2D eigenvalue weighted by molar-refractivity contribution is 5.77. The summed E-state index contributed by atoms with van der Waals surface area (Å²) < 4.78 is 5.04. The molecule has 1 aromatic rings. The van der Waals surface area contributed by atoms with E-state index in [2.05, 4.69) is 29.6 Å². The molecule has 0 atom stereocenters. The molecule has 0 saturated carbocycles. The normalized spacial score (nSPS) is 10.9. The standard InChI is InChI=1S/C12H21N3O2/c1-8(2)5-14-12(16)7-13-6-11-9(3)15-17-10(11)4/h8,13H,5-7H2,1-4H3,(H,14,16). The maximum Gasteiger partial charge on any atom is 0.233 e. The van der Waals surface area contributed by atoms with Crippen molar-refractivity contribution >= 4 is 5.91 Å². The first kappa shape index (κ1) is 13.7. The summed E-state index contributed by atoms with van der Waals surface area (Å²) in [4.78, 5) is 11.4. The first-order chi connectivity index (χ1) is 8.00. The van der Waals surface area contributed by atoms with Gasteiger partial charge in [0.15, 0.2) is 0 Å². The zero-order valence-electron chi connectivity index (χ0n) is 11.0. The Bertz CT molecular complexity index is 352. The number of amides is 1.